The van der Waals surface area contributed by atoms with E-state index >= 15 is 0 Å². The van der Waals surface area contributed by atoms with E-state index in [1.165, 1.54) is 0 Å². The molecule has 1 fully saturated rings. The number of hydrogen-bond acceptors (Lipinski definition) is 3. The SMILES string of the molecule is COc1ccc([C@H](C)NC(=O)C2(C#N)CC2)cc1. The fourth-order valence-electron chi connectivity index (χ4n) is 1.83. The minimum absolute atomic E-state index is 0.103. The molecule has 1 atom stereocenters. The Balaban J connectivity index is 2.01. The first-order valence-electron chi connectivity index (χ1n) is 5.97. The Labute approximate surface area is 107 Å². The van der Waals surface area contributed by atoms with Crippen LogP contribution >= 0.6 is 0 Å². The molecule has 1 amide bonds. The van der Waals surface area contributed by atoms with Gasteiger partial charge in [-0.25, -0.2) is 0 Å². The molecule has 18 heavy (non-hydrogen) atoms. The molecule has 4 nitrogen and oxygen atoms in total. The lowest BCUT2D eigenvalue weighted by molar-refractivity contribution is -0.125. The smallest absolute Gasteiger partial charge is 0.240 e. The molecule has 0 radical (unpaired) electrons. The van der Waals surface area contributed by atoms with Crippen molar-refractivity contribution in [2.24, 2.45) is 5.41 Å². The summed E-state index contributed by atoms with van der Waals surface area (Å²) >= 11 is 0. The van der Waals surface area contributed by atoms with Crippen LogP contribution in [-0.4, -0.2) is 13.0 Å². The number of nitrogens with one attached hydrogen (secondary N) is 1. The van der Waals surface area contributed by atoms with Crippen LogP contribution in [-0.2, 0) is 4.79 Å². The number of carbonyl (C=O) groups is 1. The quantitative estimate of drug-likeness (QED) is 0.883. The highest BCUT2D eigenvalue weighted by Gasteiger charge is 2.50. The van der Waals surface area contributed by atoms with E-state index in [0.717, 1.165) is 11.3 Å². The first kappa shape index (κ1) is 12.4. The predicted molar refractivity (Wildman–Crippen MR) is 66.8 cm³/mol. The minimum Gasteiger partial charge on any atom is -0.497 e. The van der Waals surface area contributed by atoms with Gasteiger partial charge >= 0.3 is 0 Å². The van der Waals surface area contributed by atoms with Gasteiger partial charge in [-0.3, -0.25) is 4.79 Å². The Morgan fingerprint density at radius 1 is 1.44 bits per heavy atom. The normalized spacial score (nSPS) is 17.4. The van der Waals surface area contributed by atoms with Crippen LogP contribution in [0.15, 0.2) is 24.3 Å². The van der Waals surface area contributed by atoms with Crippen molar-refractivity contribution >= 4 is 5.91 Å². The number of carbonyl (C=O) groups excluding carboxylic acids is 1. The van der Waals surface area contributed by atoms with Gasteiger partial charge in [-0.2, -0.15) is 5.26 Å². The molecular weight excluding hydrogens is 228 g/mol. The fourth-order valence-corrected chi connectivity index (χ4v) is 1.83. The molecular formula is C14H16N2O2. The van der Waals surface area contributed by atoms with Gasteiger partial charge in [0.25, 0.3) is 0 Å². The summed E-state index contributed by atoms with van der Waals surface area (Å²) in [7, 11) is 1.62. The molecule has 0 heterocycles. The van der Waals surface area contributed by atoms with Crippen LogP contribution in [0.25, 0.3) is 0 Å². The molecule has 1 aliphatic rings. The Morgan fingerprint density at radius 3 is 2.50 bits per heavy atom. The lowest BCUT2D eigenvalue weighted by atomic mass is 10.1. The number of rotatable bonds is 4. The second-order valence-corrected chi connectivity index (χ2v) is 4.66. The lowest BCUT2D eigenvalue weighted by Gasteiger charge is -2.16. The van der Waals surface area contributed by atoms with Crippen molar-refractivity contribution in [3.8, 4) is 11.8 Å². The summed E-state index contributed by atoms with van der Waals surface area (Å²) in [5.74, 6) is 0.626. The third kappa shape index (κ3) is 2.30. The summed E-state index contributed by atoms with van der Waals surface area (Å²) in [5.41, 5.74) is 0.235. The second-order valence-electron chi connectivity index (χ2n) is 4.66. The molecule has 1 aliphatic carbocycles. The molecule has 0 unspecified atom stereocenters. The summed E-state index contributed by atoms with van der Waals surface area (Å²) in [5, 5.41) is 11.8. The van der Waals surface area contributed by atoms with Crippen molar-refractivity contribution < 1.29 is 9.53 Å². The van der Waals surface area contributed by atoms with Crippen molar-refractivity contribution in [2.75, 3.05) is 7.11 Å². The number of methoxy groups -OCH3 is 1. The fraction of sp³-hybridized carbons (Fsp3) is 0.429. The first-order chi connectivity index (χ1) is 8.61. The van der Waals surface area contributed by atoms with Crippen LogP contribution < -0.4 is 10.1 Å². The first-order valence-corrected chi connectivity index (χ1v) is 5.97. The van der Waals surface area contributed by atoms with Gasteiger partial charge in [0.2, 0.25) is 5.91 Å². The maximum absolute atomic E-state index is 11.9. The van der Waals surface area contributed by atoms with E-state index in [1.807, 2.05) is 31.2 Å². The summed E-state index contributed by atoms with van der Waals surface area (Å²) < 4.78 is 5.08. The average Bonchev–Trinajstić information content (AvgIpc) is 3.19. The zero-order valence-electron chi connectivity index (χ0n) is 10.6. The number of nitrogens with zero attached hydrogens (tertiary/aromatic N) is 1. The molecule has 1 aromatic rings. The molecule has 1 saturated carbocycles. The Hall–Kier alpha value is -2.02. The van der Waals surface area contributed by atoms with E-state index in [1.54, 1.807) is 7.11 Å². The van der Waals surface area contributed by atoms with E-state index in [4.69, 9.17) is 10.00 Å². The van der Waals surface area contributed by atoms with Crippen LogP contribution in [0.2, 0.25) is 0 Å². The van der Waals surface area contributed by atoms with Gasteiger partial charge < -0.3 is 10.1 Å². The van der Waals surface area contributed by atoms with Crippen LogP contribution in [0.4, 0.5) is 0 Å². The molecule has 0 spiro atoms. The van der Waals surface area contributed by atoms with Crippen LogP contribution in [0, 0.1) is 16.7 Å². The van der Waals surface area contributed by atoms with Gasteiger partial charge in [-0.15, -0.1) is 0 Å². The van der Waals surface area contributed by atoms with Crippen LogP contribution in [0.1, 0.15) is 31.4 Å². The average molecular weight is 244 g/mol. The number of ether oxygens (including phenoxy) is 1. The number of nitriles is 1. The van der Waals surface area contributed by atoms with E-state index in [9.17, 15) is 4.79 Å². The van der Waals surface area contributed by atoms with Crippen LogP contribution in [0.5, 0.6) is 5.75 Å². The third-order valence-electron chi connectivity index (χ3n) is 3.36. The highest BCUT2D eigenvalue weighted by molar-refractivity contribution is 5.88. The van der Waals surface area contributed by atoms with Crippen molar-refractivity contribution in [1.82, 2.24) is 5.32 Å². The molecule has 2 rings (SSSR count). The molecule has 0 aliphatic heterocycles. The number of amides is 1. The zero-order chi connectivity index (χ0) is 13.2. The van der Waals surface area contributed by atoms with Crippen molar-refractivity contribution in [2.45, 2.75) is 25.8 Å². The lowest BCUT2D eigenvalue weighted by Crippen LogP contribution is -2.33. The number of hydrogen-bond donors (Lipinski definition) is 1. The van der Waals surface area contributed by atoms with Gasteiger partial charge in [-0.05, 0) is 37.5 Å². The molecule has 1 aromatic carbocycles. The standard InChI is InChI=1S/C14H16N2O2/c1-10(11-3-5-12(18-2)6-4-11)16-13(17)14(9-15)7-8-14/h3-6,10H,7-8H2,1-2H3,(H,16,17)/t10-/m0/s1. The highest BCUT2D eigenvalue weighted by atomic mass is 16.5. The Kier molecular flexibility index (Phi) is 3.24. The molecule has 0 saturated heterocycles. The van der Waals surface area contributed by atoms with Gasteiger partial charge in [-0.1, -0.05) is 12.1 Å². The zero-order valence-corrected chi connectivity index (χ0v) is 10.6. The summed E-state index contributed by atoms with van der Waals surface area (Å²) in [6.45, 7) is 1.91. The molecule has 94 valence electrons. The van der Waals surface area contributed by atoms with Gasteiger partial charge in [0.15, 0.2) is 0 Å². The Bertz CT molecular complexity index is 484. The van der Waals surface area contributed by atoms with E-state index in [2.05, 4.69) is 11.4 Å². The summed E-state index contributed by atoms with van der Waals surface area (Å²) in [4.78, 5) is 11.9. The maximum Gasteiger partial charge on any atom is 0.240 e. The van der Waals surface area contributed by atoms with Gasteiger partial charge in [0.05, 0.1) is 19.2 Å². The topological polar surface area (TPSA) is 62.1 Å². The maximum atomic E-state index is 11.9. The second kappa shape index (κ2) is 4.69. The van der Waals surface area contributed by atoms with E-state index in [0.29, 0.717) is 12.8 Å². The molecule has 0 aromatic heterocycles. The molecule has 1 N–H and O–H groups in total. The van der Waals surface area contributed by atoms with Crippen LogP contribution in [0.3, 0.4) is 0 Å². The number of benzene rings is 1. The summed E-state index contributed by atoms with van der Waals surface area (Å²) in [6, 6.07) is 9.53. The van der Waals surface area contributed by atoms with Gasteiger partial charge in [0.1, 0.15) is 11.2 Å². The highest BCUT2D eigenvalue weighted by Crippen LogP contribution is 2.45. The molecule has 4 heteroatoms. The van der Waals surface area contributed by atoms with Crippen molar-refractivity contribution in [1.29, 1.82) is 5.26 Å². The summed E-state index contributed by atoms with van der Waals surface area (Å²) in [6.07, 6.45) is 1.34. The predicted octanol–water partition coefficient (Wildman–Crippen LogP) is 2.18. The monoisotopic (exact) mass is 244 g/mol. The van der Waals surface area contributed by atoms with Gasteiger partial charge in [0, 0.05) is 0 Å². The minimum atomic E-state index is -0.763. The van der Waals surface area contributed by atoms with E-state index < -0.39 is 5.41 Å². The molecule has 0 bridgehead atoms. The van der Waals surface area contributed by atoms with Crippen molar-refractivity contribution in [3.63, 3.8) is 0 Å². The third-order valence-corrected chi connectivity index (χ3v) is 3.36. The van der Waals surface area contributed by atoms with Crippen molar-refractivity contribution in [3.05, 3.63) is 29.8 Å². The van der Waals surface area contributed by atoms with E-state index in [-0.39, 0.29) is 11.9 Å². The Morgan fingerprint density at radius 2 is 2.06 bits per heavy atom. The largest absolute Gasteiger partial charge is 0.497 e.